The van der Waals surface area contributed by atoms with E-state index in [4.69, 9.17) is 9.26 Å². The van der Waals surface area contributed by atoms with Crippen molar-refractivity contribution in [2.45, 2.75) is 30.4 Å². The highest BCUT2D eigenvalue weighted by Crippen LogP contribution is 2.29. The van der Waals surface area contributed by atoms with Gasteiger partial charge in [0, 0.05) is 32.3 Å². The minimum atomic E-state index is -3.59. The summed E-state index contributed by atoms with van der Waals surface area (Å²) in [6.07, 6.45) is 4.14. The number of ether oxygens (including phenoxy) is 1. The maximum atomic E-state index is 12.9. The standard InChI is InChI=1S/C18H20FN5O4S/c1-23-10-17(20-12-23)29(25,26)24-8-6-13(7-9-24)18-21-16(28-22-18)11-27-15-4-2-14(19)3-5-15/h2-5,10,12-13H,6-9,11H2,1H3. The van der Waals surface area contributed by atoms with Crippen molar-refractivity contribution < 1.29 is 22.1 Å². The molecule has 1 aliphatic heterocycles. The molecule has 1 fully saturated rings. The molecule has 29 heavy (non-hydrogen) atoms. The summed E-state index contributed by atoms with van der Waals surface area (Å²) in [7, 11) is -1.87. The molecule has 3 aromatic rings. The predicted octanol–water partition coefficient (Wildman–Crippen LogP) is 2.09. The Kier molecular flexibility index (Phi) is 5.33. The third-order valence-corrected chi connectivity index (χ3v) is 6.55. The lowest BCUT2D eigenvalue weighted by atomic mass is 9.98. The minimum absolute atomic E-state index is 0.00787. The average molecular weight is 421 g/mol. The van der Waals surface area contributed by atoms with E-state index in [0.29, 0.717) is 43.4 Å². The molecule has 0 radical (unpaired) electrons. The topological polar surface area (TPSA) is 103 Å². The molecule has 0 amide bonds. The van der Waals surface area contributed by atoms with Gasteiger partial charge in [0.15, 0.2) is 17.5 Å². The number of hydrogen-bond acceptors (Lipinski definition) is 7. The molecule has 3 heterocycles. The van der Waals surface area contributed by atoms with Crippen LogP contribution in [0.15, 0.2) is 46.3 Å². The molecule has 2 aromatic heterocycles. The summed E-state index contributed by atoms with van der Waals surface area (Å²) in [5.41, 5.74) is 0. The van der Waals surface area contributed by atoms with E-state index in [0.717, 1.165) is 0 Å². The molecule has 1 aromatic carbocycles. The molecule has 0 N–H and O–H groups in total. The number of halogens is 1. The van der Waals surface area contributed by atoms with Crippen molar-refractivity contribution in [3.8, 4) is 5.75 Å². The summed E-state index contributed by atoms with van der Waals surface area (Å²) in [6, 6.07) is 5.65. The van der Waals surface area contributed by atoms with E-state index in [1.54, 1.807) is 11.6 Å². The predicted molar refractivity (Wildman–Crippen MR) is 99.0 cm³/mol. The summed E-state index contributed by atoms with van der Waals surface area (Å²) >= 11 is 0. The zero-order valence-electron chi connectivity index (χ0n) is 15.7. The normalized spacial score (nSPS) is 16.2. The van der Waals surface area contributed by atoms with Gasteiger partial charge in [-0.05, 0) is 37.1 Å². The fourth-order valence-electron chi connectivity index (χ4n) is 3.18. The van der Waals surface area contributed by atoms with Gasteiger partial charge in [0.1, 0.15) is 11.6 Å². The lowest BCUT2D eigenvalue weighted by Crippen LogP contribution is -2.38. The van der Waals surface area contributed by atoms with E-state index >= 15 is 0 Å². The Morgan fingerprint density at radius 2 is 1.97 bits per heavy atom. The highest BCUT2D eigenvalue weighted by atomic mass is 32.2. The van der Waals surface area contributed by atoms with Crippen LogP contribution >= 0.6 is 0 Å². The number of aryl methyl sites for hydroxylation is 1. The smallest absolute Gasteiger partial charge is 0.264 e. The number of imidazole rings is 1. The van der Waals surface area contributed by atoms with E-state index in [2.05, 4.69) is 15.1 Å². The quantitative estimate of drug-likeness (QED) is 0.600. The highest BCUT2D eigenvalue weighted by molar-refractivity contribution is 7.89. The van der Waals surface area contributed by atoms with Crippen LogP contribution in [0.1, 0.15) is 30.5 Å². The van der Waals surface area contributed by atoms with Crippen molar-refractivity contribution in [2.75, 3.05) is 13.1 Å². The van der Waals surface area contributed by atoms with Crippen molar-refractivity contribution >= 4 is 10.0 Å². The molecule has 0 atom stereocenters. The number of sulfonamides is 1. The second-order valence-corrected chi connectivity index (χ2v) is 8.73. The van der Waals surface area contributed by atoms with Crippen LogP contribution in [0.25, 0.3) is 0 Å². The van der Waals surface area contributed by atoms with Gasteiger partial charge in [-0.3, -0.25) is 0 Å². The van der Waals surface area contributed by atoms with E-state index < -0.39 is 10.0 Å². The number of hydrogen-bond donors (Lipinski definition) is 0. The van der Waals surface area contributed by atoms with Crippen LogP contribution in [-0.4, -0.2) is 45.5 Å². The second-order valence-electron chi connectivity index (χ2n) is 6.84. The van der Waals surface area contributed by atoms with Crippen LogP contribution in [0.4, 0.5) is 4.39 Å². The van der Waals surface area contributed by atoms with Gasteiger partial charge in [-0.2, -0.15) is 9.29 Å². The van der Waals surface area contributed by atoms with Gasteiger partial charge in [-0.15, -0.1) is 0 Å². The lowest BCUT2D eigenvalue weighted by molar-refractivity contribution is 0.241. The van der Waals surface area contributed by atoms with Gasteiger partial charge in [0.05, 0.1) is 6.33 Å². The first-order chi connectivity index (χ1) is 13.9. The summed E-state index contributed by atoms with van der Waals surface area (Å²) in [5.74, 6) is 1.02. The molecular formula is C18H20FN5O4S. The molecule has 1 saturated heterocycles. The molecule has 0 aliphatic carbocycles. The number of piperidine rings is 1. The Balaban J connectivity index is 1.34. The van der Waals surface area contributed by atoms with Crippen LogP contribution in [0.5, 0.6) is 5.75 Å². The number of nitrogens with zero attached hydrogens (tertiary/aromatic N) is 5. The minimum Gasteiger partial charge on any atom is -0.484 e. The summed E-state index contributed by atoms with van der Waals surface area (Å²) in [6.45, 7) is 0.796. The fraction of sp³-hybridized carbons (Fsp3) is 0.389. The molecule has 0 bridgehead atoms. The van der Waals surface area contributed by atoms with Gasteiger partial charge in [-0.1, -0.05) is 5.16 Å². The Morgan fingerprint density at radius 1 is 1.24 bits per heavy atom. The van der Waals surface area contributed by atoms with Crippen molar-refractivity contribution in [3.05, 3.63) is 54.3 Å². The summed E-state index contributed by atoms with van der Waals surface area (Å²) < 4.78 is 52.0. The van der Waals surface area contributed by atoms with E-state index in [9.17, 15) is 12.8 Å². The molecule has 0 spiro atoms. The van der Waals surface area contributed by atoms with E-state index in [-0.39, 0.29) is 23.4 Å². The molecule has 1 aliphatic rings. The molecule has 154 valence electrons. The second kappa shape index (κ2) is 7.91. The van der Waals surface area contributed by atoms with Gasteiger partial charge >= 0.3 is 0 Å². The van der Waals surface area contributed by atoms with E-state index in [1.165, 1.54) is 41.1 Å². The van der Waals surface area contributed by atoms with Crippen LogP contribution in [-0.2, 0) is 23.7 Å². The third-order valence-electron chi connectivity index (χ3n) is 4.76. The number of aromatic nitrogens is 4. The first-order valence-corrected chi connectivity index (χ1v) is 10.5. The van der Waals surface area contributed by atoms with Gasteiger partial charge in [-0.25, -0.2) is 17.8 Å². The monoisotopic (exact) mass is 421 g/mol. The van der Waals surface area contributed by atoms with Crippen LogP contribution in [0, 0.1) is 5.82 Å². The van der Waals surface area contributed by atoms with Crippen molar-refractivity contribution in [1.29, 1.82) is 0 Å². The lowest BCUT2D eigenvalue weighted by Gasteiger charge is -2.29. The number of rotatable bonds is 6. The van der Waals surface area contributed by atoms with Gasteiger partial charge in [0.25, 0.3) is 15.9 Å². The molecule has 11 heteroatoms. The first kappa shape index (κ1) is 19.5. The maximum absolute atomic E-state index is 12.9. The Labute approximate surface area is 167 Å². The average Bonchev–Trinajstić information content (AvgIpc) is 3.37. The largest absolute Gasteiger partial charge is 0.484 e. The molecule has 0 unspecified atom stereocenters. The van der Waals surface area contributed by atoms with Crippen LogP contribution < -0.4 is 4.74 Å². The van der Waals surface area contributed by atoms with Crippen LogP contribution in [0.2, 0.25) is 0 Å². The van der Waals surface area contributed by atoms with Crippen molar-refractivity contribution in [2.24, 2.45) is 7.05 Å². The third kappa shape index (κ3) is 4.30. The van der Waals surface area contributed by atoms with Crippen molar-refractivity contribution in [3.63, 3.8) is 0 Å². The Hall–Kier alpha value is -2.79. The zero-order chi connectivity index (χ0) is 20.4. The Morgan fingerprint density at radius 3 is 2.62 bits per heavy atom. The fourth-order valence-corrected chi connectivity index (χ4v) is 4.61. The van der Waals surface area contributed by atoms with Gasteiger partial charge < -0.3 is 13.8 Å². The SMILES string of the molecule is Cn1cnc(S(=O)(=O)N2CCC(c3noc(COc4ccc(F)cc4)n3)CC2)c1. The van der Waals surface area contributed by atoms with Gasteiger partial charge in [0.2, 0.25) is 0 Å². The summed E-state index contributed by atoms with van der Waals surface area (Å²) in [5, 5.41) is 4.06. The Bertz CT molecular complexity index is 1070. The first-order valence-electron chi connectivity index (χ1n) is 9.11. The molecule has 9 nitrogen and oxygen atoms in total. The number of benzene rings is 1. The van der Waals surface area contributed by atoms with E-state index in [1.807, 2.05) is 0 Å². The molecular weight excluding hydrogens is 401 g/mol. The zero-order valence-corrected chi connectivity index (χ0v) is 16.5. The maximum Gasteiger partial charge on any atom is 0.264 e. The molecule has 4 rings (SSSR count). The summed E-state index contributed by atoms with van der Waals surface area (Å²) in [4.78, 5) is 8.31. The molecule has 0 saturated carbocycles. The highest BCUT2D eigenvalue weighted by Gasteiger charge is 2.33. The van der Waals surface area contributed by atoms with Crippen LogP contribution in [0.3, 0.4) is 0 Å². The van der Waals surface area contributed by atoms with Crippen molar-refractivity contribution in [1.82, 2.24) is 24.0 Å².